The van der Waals surface area contributed by atoms with Crippen LogP contribution in [0.3, 0.4) is 0 Å². The molecule has 5 heteroatoms. The maximum atomic E-state index is 13.2. The average Bonchev–Trinajstić information content (AvgIpc) is 2.47. The van der Waals surface area contributed by atoms with Crippen LogP contribution in [0.5, 0.6) is 0 Å². The number of fused-ring (bicyclic) bond motifs is 1. The molecule has 0 bridgehead atoms. The number of carbonyl (C=O) groups excluding carboxylic acids is 1. The second-order valence-electron chi connectivity index (χ2n) is 4.56. The minimum Gasteiger partial charge on any atom is -0.321 e. The number of carbonyl (C=O) groups is 1. The molecule has 0 saturated heterocycles. The van der Waals surface area contributed by atoms with Crippen LogP contribution < -0.4 is 10.9 Å². The molecule has 2 N–H and O–H groups in total. The maximum Gasteiger partial charge on any atom is 0.272 e. The molecule has 0 aliphatic carbocycles. The van der Waals surface area contributed by atoms with E-state index >= 15 is 0 Å². The average molecular weight is 282 g/mol. The van der Waals surface area contributed by atoms with Crippen LogP contribution in [0.2, 0.25) is 0 Å². The normalized spacial score (nSPS) is 10.5. The molecule has 3 rings (SSSR count). The van der Waals surface area contributed by atoms with Crippen molar-refractivity contribution in [2.24, 2.45) is 0 Å². The van der Waals surface area contributed by atoms with E-state index in [0.717, 1.165) is 0 Å². The summed E-state index contributed by atoms with van der Waals surface area (Å²) in [6.45, 7) is 0. The number of pyridine rings is 1. The van der Waals surface area contributed by atoms with Crippen molar-refractivity contribution in [3.63, 3.8) is 0 Å². The van der Waals surface area contributed by atoms with Crippen molar-refractivity contribution in [3.05, 3.63) is 76.5 Å². The summed E-state index contributed by atoms with van der Waals surface area (Å²) in [7, 11) is 0. The predicted molar refractivity (Wildman–Crippen MR) is 78.9 cm³/mol. The van der Waals surface area contributed by atoms with Crippen LogP contribution in [0.4, 0.5) is 10.1 Å². The molecule has 3 aromatic rings. The molecular weight excluding hydrogens is 271 g/mol. The number of aromatic amines is 1. The SMILES string of the molecule is O=C(Nc1ccccc1)c1cc2cc(F)ccc2c(=O)[nH]1. The fourth-order valence-electron chi connectivity index (χ4n) is 2.08. The Bertz CT molecular complexity index is 872. The van der Waals surface area contributed by atoms with Crippen molar-refractivity contribution >= 4 is 22.4 Å². The van der Waals surface area contributed by atoms with Gasteiger partial charge in [-0.3, -0.25) is 9.59 Å². The highest BCUT2D eigenvalue weighted by Crippen LogP contribution is 2.14. The first kappa shape index (κ1) is 13.1. The molecule has 4 nitrogen and oxygen atoms in total. The zero-order valence-electron chi connectivity index (χ0n) is 10.9. The van der Waals surface area contributed by atoms with Crippen molar-refractivity contribution in [2.75, 3.05) is 5.32 Å². The molecule has 1 amide bonds. The van der Waals surface area contributed by atoms with Crippen LogP contribution in [0.15, 0.2) is 59.4 Å². The van der Waals surface area contributed by atoms with Gasteiger partial charge in [-0.1, -0.05) is 18.2 Å². The minimum atomic E-state index is -0.456. The lowest BCUT2D eigenvalue weighted by Crippen LogP contribution is -2.18. The molecule has 0 saturated carbocycles. The first-order valence-corrected chi connectivity index (χ1v) is 6.32. The quantitative estimate of drug-likeness (QED) is 0.759. The monoisotopic (exact) mass is 282 g/mol. The Morgan fingerprint density at radius 1 is 1.05 bits per heavy atom. The number of nitrogens with one attached hydrogen (secondary N) is 2. The van der Waals surface area contributed by atoms with Gasteiger partial charge in [0.1, 0.15) is 11.5 Å². The predicted octanol–water partition coefficient (Wildman–Crippen LogP) is 2.92. The van der Waals surface area contributed by atoms with Crippen molar-refractivity contribution in [3.8, 4) is 0 Å². The molecule has 0 unspecified atom stereocenters. The number of benzene rings is 2. The molecule has 1 aromatic heterocycles. The summed E-state index contributed by atoms with van der Waals surface area (Å²) in [6.07, 6.45) is 0. The van der Waals surface area contributed by atoms with Crippen LogP contribution in [-0.4, -0.2) is 10.9 Å². The van der Waals surface area contributed by atoms with E-state index in [1.165, 1.54) is 24.3 Å². The number of para-hydroxylation sites is 1. The number of H-pyrrole nitrogens is 1. The lowest BCUT2D eigenvalue weighted by atomic mass is 10.1. The Morgan fingerprint density at radius 2 is 1.81 bits per heavy atom. The first-order chi connectivity index (χ1) is 10.1. The van der Waals surface area contributed by atoms with Crippen LogP contribution in [0.1, 0.15) is 10.5 Å². The molecule has 0 spiro atoms. The molecule has 0 aliphatic rings. The third-order valence-corrected chi connectivity index (χ3v) is 3.08. The van der Waals surface area contributed by atoms with Gasteiger partial charge >= 0.3 is 0 Å². The van der Waals surface area contributed by atoms with Crippen LogP contribution in [0.25, 0.3) is 10.8 Å². The van der Waals surface area contributed by atoms with Gasteiger partial charge in [0.2, 0.25) is 0 Å². The fourth-order valence-corrected chi connectivity index (χ4v) is 2.08. The zero-order chi connectivity index (χ0) is 14.8. The molecule has 0 radical (unpaired) electrons. The van der Waals surface area contributed by atoms with Gasteiger partial charge in [0.05, 0.1) is 0 Å². The lowest BCUT2D eigenvalue weighted by molar-refractivity contribution is 0.102. The molecule has 0 fully saturated rings. The third-order valence-electron chi connectivity index (χ3n) is 3.08. The van der Waals surface area contributed by atoms with Gasteiger partial charge in [0, 0.05) is 11.1 Å². The van der Waals surface area contributed by atoms with Crippen molar-refractivity contribution in [2.45, 2.75) is 0 Å². The van der Waals surface area contributed by atoms with E-state index < -0.39 is 17.3 Å². The number of hydrogen-bond donors (Lipinski definition) is 2. The van der Waals surface area contributed by atoms with Crippen LogP contribution in [0, 0.1) is 5.82 Å². The van der Waals surface area contributed by atoms with Gasteiger partial charge in [-0.2, -0.15) is 0 Å². The highest BCUT2D eigenvalue weighted by molar-refractivity contribution is 6.04. The fraction of sp³-hybridized carbons (Fsp3) is 0. The van der Waals surface area contributed by atoms with E-state index in [0.29, 0.717) is 16.5 Å². The smallest absolute Gasteiger partial charge is 0.272 e. The summed E-state index contributed by atoms with van der Waals surface area (Å²) in [5, 5.41) is 3.39. The highest BCUT2D eigenvalue weighted by atomic mass is 19.1. The molecule has 0 atom stereocenters. The lowest BCUT2D eigenvalue weighted by Gasteiger charge is -2.06. The first-order valence-electron chi connectivity index (χ1n) is 6.32. The Morgan fingerprint density at radius 3 is 2.57 bits per heavy atom. The Labute approximate surface area is 119 Å². The standard InChI is InChI=1S/C16H11FN2O2/c17-11-6-7-13-10(8-11)9-14(19-15(13)20)16(21)18-12-4-2-1-3-5-12/h1-9H,(H,18,21)(H,19,20). The summed E-state index contributed by atoms with van der Waals surface area (Å²) >= 11 is 0. The van der Waals surface area contributed by atoms with Crippen molar-refractivity contribution < 1.29 is 9.18 Å². The van der Waals surface area contributed by atoms with E-state index in [2.05, 4.69) is 10.3 Å². The van der Waals surface area contributed by atoms with Gasteiger partial charge in [0.25, 0.3) is 11.5 Å². The minimum absolute atomic E-state index is 0.0851. The van der Waals surface area contributed by atoms with Gasteiger partial charge in [-0.15, -0.1) is 0 Å². The van der Waals surface area contributed by atoms with E-state index in [-0.39, 0.29) is 5.69 Å². The topological polar surface area (TPSA) is 62.0 Å². The van der Waals surface area contributed by atoms with Gasteiger partial charge in [-0.25, -0.2) is 4.39 Å². The molecule has 1 heterocycles. The Balaban J connectivity index is 2.00. The molecule has 21 heavy (non-hydrogen) atoms. The highest BCUT2D eigenvalue weighted by Gasteiger charge is 2.10. The van der Waals surface area contributed by atoms with E-state index in [1.807, 2.05) is 6.07 Å². The number of anilines is 1. The summed E-state index contributed by atoms with van der Waals surface area (Å²) in [5.41, 5.74) is 0.273. The van der Waals surface area contributed by atoms with Gasteiger partial charge < -0.3 is 10.3 Å². The van der Waals surface area contributed by atoms with Gasteiger partial charge in [0.15, 0.2) is 0 Å². The second kappa shape index (κ2) is 5.20. The number of aromatic nitrogens is 1. The number of rotatable bonds is 2. The number of hydrogen-bond acceptors (Lipinski definition) is 2. The van der Waals surface area contributed by atoms with E-state index in [1.54, 1.807) is 24.3 Å². The molecule has 0 aliphatic heterocycles. The maximum absolute atomic E-state index is 13.2. The summed E-state index contributed by atoms with van der Waals surface area (Å²) < 4.78 is 13.2. The zero-order valence-corrected chi connectivity index (χ0v) is 10.9. The van der Waals surface area contributed by atoms with Crippen molar-refractivity contribution in [1.29, 1.82) is 0 Å². The van der Waals surface area contributed by atoms with E-state index in [4.69, 9.17) is 0 Å². The Kier molecular flexibility index (Phi) is 3.23. The van der Waals surface area contributed by atoms with Crippen LogP contribution >= 0.6 is 0 Å². The Hall–Kier alpha value is -2.95. The van der Waals surface area contributed by atoms with Crippen molar-refractivity contribution in [1.82, 2.24) is 4.98 Å². The molecule has 2 aromatic carbocycles. The second-order valence-corrected chi connectivity index (χ2v) is 4.56. The summed E-state index contributed by atoms with van der Waals surface area (Å²) in [5.74, 6) is -0.910. The number of halogens is 1. The largest absolute Gasteiger partial charge is 0.321 e. The van der Waals surface area contributed by atoms with E-state index in [9.17, 15) is 14.0 Å². The van der Waals surface area contributed by atoms with Gasteiger partial charge in [-0.05, 0) is 41.8 Å². The van der Waals surface area contributed by atoms with Crippen LogP contribution in [-0.2, 0) is 0 Å². The summed E-state index contributed by atoms with van der Waals surface area (Å²) in [4.78, 5) is 26.5. The summed E-state index contributed by atoms with van der Waals surface area (Å²) in [6, 6.07) is 14.2. The molecular formula is C16H11FN2O2. The third kappa shape index (κ3) is 2.67. The molecule has 104 valence electrons. The number of amides is 1.